The van der Waals surface area contributed by atoms with Gasteiger partial charge in [0.1, 0.15) is 12.1 Å². The summed E-state index contributed by atoms with van der Waals surface area (Å²) >= 11 is 0. The van der Waals surface area contributed by atoms with E-state index in [0.717, 1.165) is 12.7 Å². The second kappa shape index (κ2) is 3.16. The first-order valence-corrected chi connectivity index (χ1v) is 4.15. The summed E-state index contributed by atoms with van der Waals surface area (Å²) in [6, 6.07) is 0. The minimum absolute atomic E-state index is 0.0824. The highest BCUT2D eigenvalue weighted by atomic mass is 16.1. The Balaban J connectivity index is 2.66. The van der Waals surface area contributed by atoms with Gasteiger partial charge in [0.25, 0.3) is 0 Å². The lowest BCUT2D eigenvalue weighted by molar-refractivity contribution is -0.129. The van der Waals surface area contributed by atoms with Gasteiger partial charge in [-0.3, -0.25) is 4.79 Å². The smallest absolute Gasteiger partial charge is 0.136 e. The van der Waals surface area contributed by atoms with Crippen molar-refractivity contribution in [3.05, 3.63) is 0 Å². The minimum Gasteiger partial charge on any atom is -0.303 e. The van der Waals surface area contributed by atoms with Gasteiger partial charge < -0.3 is 4.79 Å². The zero-order valence-electron chi connectivity index (χ0n) is 7.04. The third-order valence-electron chi connectivity index (χ3n) is 2.87. The molecule has 0 saturated heterocycles. The van der Waals surface area contributed by atoms with E-state index in [1.807, 2.05) is 13.8 Å². The molecule has 0 aromatic rings. The number of Topliss-reactive ketones (excluding diaryl/α,β-unsaturated/α-hetero) is 1. The van der Waals surface area contributed by atoms with E-state index in [1.54, 1.807) is 0 Å². The summed E-state index contributed by atoms with van der Waals surface area (Å²) < 4.78 is 0. The van der Waals surface area contributed by atoms with Crippen LogP contribution in [0.25, 0.3) is 0 Å². The van der Waals surface area contributed by atoms with Gasteiger partial charge in [0.05, 0.1) is 0 Å². The summed E-state index contributed by atoms with van der Waals surface area (Å²) in [6.45, 7) is 3.91. The van der Waals surface area contributed by atoms with Crippen LogP contribution in [0.5, 0.6) is 0 Å². The molecule has 3 unspecified atom stereocenters. The van der Waals surface area contributed by atoms with Gasteiger partial charge in [-0.15, -0.1) is 0 Å². The number of carbonyl (C=O) groups excluding carboxylic acids is 2. The van der Waals surface area contributed by atoms with Crippen LogP contribution in [-0.2, 0) is 9.59 Å². The second-order valence-electron chi connectivity index (χ2n) is 3.45. The molecule has 0 radical (unpaired) electrons. The molecule has 2 heteroatoms. The average Bonchev–Trinajstić information content (AvgIpc) is 2.01. The Morgan fingerprint density at radius 3 is 2.64 bits per heavy atom. The Morgan fingerprint density at radius 2 is 2.09 bits per heavy atom. The summed E-state index contributed by atoms with van der Waals surface area (Å²) in [5.74, 6) is 0.756. The molecule has 0 heterocycles. The van der Waals surface area contributed by atoms with Crippen LogP contribution in [0, 0.1) is 17.8 Å². The first-order valence-electron chi connectivity index (χ1n) is 4.15. The Hall–Kier alpha value is -0.660. The molecule has 62 valence electrons. The maximum Gasteiger partial charge on any atom is 0.136 e. The zero-order valence-corrected chi connectivity index (χ0v) is 7.04. The van der Waals surface area contributed by atoms with Gasteiger partial charge in [0.15, 0.2) is 0 Å². The zero-order chi connectivity index (χ0) is 8.43. The third kappa shape index (κ3) is 1.50. The first-order chi connectivity index (χ1) is 5.16. The van der Waals surface area contributed by atoms with E-state index in [4.69, 9.17) is 0 Å². The van der Waals surface area contributed by atoms with Crippen molar-refractivity contribution in [1.82, 2.24) is 0 Å². The third-order valence-corrected chi connectivity index (χ3v) is 2.87. The number of ketones is 1. The average molecular weight is 154 g/mol. The van der Waals surface area contributed by atoms with Crippen molar-refractivity contribution in [2.75, 3.05) is 0 Å². The van der Waals surface area contributed by atoms with Gasteiger partial charge in [-0.05, 0) is 12.3 Å². The summed E-state index contributed by atoms with van der Waals surface area (Å²) in [5, 5.41) is 0. The standard InChI is InChI=1S/C9H14O2/c1-6-7(2)9(11)4-3-8(6)5-10/h5-8H,3-4H2,1-2H3. The Bertz CT molecular complexity index is 172. The van der Waals surface area contributed by atoms with E-state index in [-0.39, 0.29) is 17.8 Å². The van der Waals surface area contributed by atoms with Crippen LogP contribution in [0.2, 0.25) is 0 Å². The molecule has 0 aliphatic heterocycles. The molecule has 2 nitrogen and oxygen atoms in total. The van der Waals surface area contributed by atoms with Gasteiger partial charge in [-0.1, -0.05) is 13.8 Å². The van der Waals surface area contributed by atoms with Gasteiger partial charge in [-0.25, -0.2) is 0 Å². The lowest BCUT2D eigenvalue weighted by Crippen LogP contribution is -2.31. The molecule has 0 amide bonds. The van der Waals surface area contributed by atoms with E-state index < -0.39 is 0 Å². The molecular weight excluding hydrogens is 140 g/mol. The topological polar surface area (TPSA) is 34.1 Å². The molecule has 0 spiro atoms. The number of aldehydes is 1. The van der Waals surface area contributed by atoms with E-state index >= 15 is 0 Å². The van der Waals surface area contributed by atoms with Crippen LogP contribution in [0.15, 0.2) is 0 Å². The Kier molecular flexibility index (Phi) is 2.42. The van der Waals surface area contributed by atoms with Crippen molar-refractivity contribution in [1.29, 1.82) is 0 Å². The number of hydrogen-bond donors (Lipinski definition) is 0. The Morgan fingerprint density at radius 1 is 1.45 bits per heavy atom. The molecule has 1 aliphatic rings. The Labute approximate surface area is 67.0 Å². The number of hydrogen-bond acceptors (Lipinski definition) is 2. The van der Waals surface area contributed by atoms with Crippen LogP contribution in [0.1, 0.15) is 26.7 Å². The molecule has 0 bridgehead atoms. The highest BCUT2D eigenvalue weighted by Crippen LogP contribution is 2.30. The SMILES string of the molecule is CC1C(=O)CCC(C=O)C1C. The molecule has 0 aromatic carbocycles. The van der Waals surface area contributed by atoms with Gasteiger partial charge in [0, 0.05) is 18.3 Å². The second-order valence-corrected chi connectivity index (χ2v) is 3.45. The van der Waals surface area contributed by atoms with Crippen LogP contribution in [0.3, 0.4) is 0 Å². The fourth-order valence-electron chi connectivity index (χ4n) is 1.66. The summed E-state index contributed by atoms with van der Waals surface area (Å²) in [7, 11) is 0. The van der Waals surface area contributed by atoms with Gasteiger partial charge >= 0.3 is 0 Å². The van der Waals surface area contributed by atoms with Crippen LogP contribution >= 0.6 is 0 Å². The first kappa shape index (κ1) is 8.44. The number of rotatable bonds is 1. The molecule has 1 aliphatic carbocycles. The summed E-state index contributed by atoms with van der Waals surface area (Å²) in [6.07, 6.45) is 2.34. The lowest BCUT2D eigenvalue weighted by atomic mass is 9.74. The van der Waals surface area contributed by atoms with Crippen molar-refractivity contribution >= 4 is 12.1 Å². The molecule has 11 heavy (non-hydrogen) atoms. The summed E-state index contributed by atoms with van der Waals surface area (Å²) in [4.78, 5) is 21.7. The van der Waals surface area contributed by atoms with Gasteiger partial charge in [0.2, 0.25) is 0 Å². The molecule has 1 fully saturated rings. The van der Waals surface area contributed by atoms with Crippen LogP contribution in [0.4, 0.5) is 0 Å². The molecule has 1 saturated carbocycles. The van der Waals surface area contributed by atoms with E-state index in [0.29, 0.717) is 12.2 Å². The normalized spacial score (nSPS) is 38.7. The maximum absolute atomic E-state index is 11.2. The quantitative estimate of drug-likeness (QED) is 0.535. The van der Waals surface area contributed by atoms with Crippen molar-refractivity contribution < 1.29 is 9.59 Å². The van der Waals surface area contributed by atoms with E-state index in [9.17, 15) is 9.59 Å². The number of carbonyl (C=O) groups is 2. The fraction of sp³-hybridized carbons (Fsp3) is 0.778. The van der Waals surface area contributed by atoms with E-state index in [1.165, 1.54) is 0 Å². The van der Waals surface area contributed by atoms with Crippen LogP contribution in [-0.4, -0.2) is 12.1 Å². The highest BCUT2D eigenvalue weighted by molar-refractivity contribution is 5.82. The molecule has 0 aromatic heterocycles. The maximum atomic E-state index is 11.2. The highest BCUT2D eigenvalue weighted by Gasteiger charge is 2.31. The molecule has 3 atom stereocenters. The monoisotopic (exact) mass is 154 g/mol. The molecule has 0 N–H and O–H groups in total. The van der Waals surface area contributed by atoms with Crippen molar-refractivity contribution in [3.8, 4) is 0 Å². The van der Waals surface area contributed by atoms with Crippen molar-refractivity contribution in [2.45, 2.75) is 26.7 Å². The van der Waals surface area contributed by atoms with Gasteiger partial charge in [-0.2, -0.15) is 0 Å². The van der Waals surface area contributed by atoms with Crippen molar-refractivity contribution in [2.24, 2.45) is 17.8 Å². The predicted molar refractivity (Wildman–Crippen MR) is 42.1 cm³/mol. The van der Waals surface area contributed by atoms with E-state index in [2.05, 4.69) is 0 Å². The molecular formula is C9H14O2. The lowest BCUT2D eigenvalue weighted by Gasteiger charge is -2.29. The predicted octanol–water partition coefficient (Wildman–Crippen LogP) is 1.44. The van der Waals surface area contributed by atoms with Crippen LogP contribution < -0.4 is 0 Å². The van der Waals surface area contributed by atoms with Crippen molar-refractivity contribution in [3.63, 3.8) is 0 Å². The largest absolute Gasteiger partial charge is 0.303 e. The minimum atomic E-state index is 0.0824. The summed E-state index contributed by atoms with van der Waals surface area (Å²) in [5.41, 5.74) is 0. The molecule has 1 rings (SSSR count). The fourth-order valence-corrected chi connectivity index (χ4v) is 1.66.